The molecule has 0 N–H and O–H groups in total. The molecule has 0 amide bonds. The smallest absolute Gasteiger partial charge is 0.304 e. The lowest BCUT2D eigenvalue weighted by molar-refractivity contribution is -0.137. The highest BCUT2D eigenvalue weighted by molar-refractivity contribution is 7.99. The van der Waals surface area contributed by atoms with Crippen LogP contribution in [0.5, 0.6) is 0 Å². The Balaban J connectivity index is 0.00000274. The maximum atomic E-state index is 12.8. The minimum atomic E-state index is -4.27. The molecule has 11 heteroatoms. The number of nitrogens with zero attached hydrogens (tertiary/aromatic N) is 6. The topological polar surface area (TPSA) is 59.7 Å². The Bertz CT molecular complexity index is 1110. The zero-order chi connectivity index (χ0) is 23.1. The first-order chi connectivity index (χ1) is 15.9. The van der Waals surface area contributed by atoms with Gasteiger partial charge in [-0.2, -0.15) is 13.2 Å². The van der Waals surface area contributed by atoms with Crippen LogP contribution in [-0.4, -0.2) is 55.0 Å². The highest BCUT2D eigenvalue weighted by Gasteiger charge is 2.57. The van der Waals surface area contributed by atoms with E-state index >= 15 is 0 Å². The molecule has 1 saturated heterocycles. The molecule has 2 aliphatic rings. The first-order valence-corrected chi connectivity index (χ1v) is 12.0. The molecule has 34 heavy (non-hydrogen) atoms. The lowest BCUT2D eigenvalue weighted by Crippen LogP contribution is -2.23. The van der Waals surface area contributed by atoms with E-state index in [0.29, 0.717) is 5.92 Å². The van der Waals surface area contributed by atoms with Crippen LogP contribution in [0.25, 0.3) is 11.5 Å². The first-order valence-electron chi connectivity index (χ1n) is 11.0. The van der Waals surface area contributed by atoms with Gasteiger partial charge in [0.2, 0.25) is 0 Å². The molecular formula is C23H26ClF3N6S. The summed E-state index contributed by atoms with van der Waals surface area (Å²) in [4.78, 5) is 10.7. The van der Waals surface area contributed by atoms with E-state index in [1.54, 1.807) is 30.1 Å². The molecule has 2 aromatic heterocycles. The van der Waals surface area contributed by atoms with Crippen molar-refractivity contribution in [3.05, 3.63) is 54.0 Å². The van der Waals surface area contributed by atoms with E-state index in [1.165, 1.54) is 18.5 Å². The molecule has 3 heterocycles. The van der Waals surface area contributed by atoms with Crippen LogP contribution in [-0.2, 0) is 13.2 Å². The van der Waals surface area contributed by atoms with E-state index in [1.807, 2.05) is 17.7 Å². The Morgan fingerprint density at radius 3 is 2.65 bits per heavy atom. The number of alkyl halides is 3. The molecule has 1 aromatic carbocycles. The van der Waals surface area contributed by atoms with Crippen molar-refractivity contribution in [2.24, 2.45) is 12.5 Å². The van der Waals surface area contributed by atoms with Crippen molar-refractivity contribution in [1.82, 2.24) is 29.6 Å². The van der Waals surface area contributed by atoms with E-state index in [-0.39, 0.29) is 17.8 Å². The summed E-state index contributed by atoms with van der Waals surface area (Å²) in [6.45, 7) is 3.11. The van der Waals surface area contributed by atoms with E-state index in [0.717, 1.165) is 66.9 Å². The summed E-state index contributed by atoms with van der Waals surface area (Å²) >= 11 is 1.69. The van der Waals surface area contributed by atoms with Gasteiger partial charge in [-0.3, -0.25) is 0 Å². The average Bonchev–Trinajstić information content (AvgIpc) is 3.15. The fourth-order valence-corrected chi connectivity index (χ4v) is 5.72. The number of hydrogen-bond donors (Lipinski definition) is 0. The summed E-state index contributed by atoms with van der Waals surface area (Å²) in [6.07, 6.45) is 2.16. The molecule has 1 saturated carbocycles. The summed E-state index contributed by atoms with van der Waals surface area (Å²) in [5.74, 6) is 2.06. The number of halogens is 4. The van der Waals surface area contributed by atoms with Crippen LogP contribution in [0, 0.1) is 5.41 Å². The van der Waals surface area contributed by atoms with Gasteiger partial charge in [0, 0.05) is 25.5 Å². The van der Waals surface area contributed by atoms with E-state index in [2.05, 4.69) is 25.1 Å². The summed E-state index contributed by atoms with van der Waals surface area (Å²) in [5.41, 5.74) is 1.48. The number of rotatable bonds is 7. The lowest BCUT2D eigenvalue weighted by Gasteiger charge is -2.16. The fraction of sp³-hybridized carbons (Fsp3) is 0.478. The molecule has 3 aromatic rings. The van der Waals surface area contributed by atoms with E-state index < -0.39 is 11.7 Å². The third-order valence-corrected chi connectivity index (χ3v) is 7.90. The number of benzene rings is 1. The van der Waals surface area contributed by atoms with Crippen molar-refractivity contribution in [1.29, 1.82) is 0 Å². The van der Waals surface area contributed by atoms with Gasteiger partial charge in [-0.1, -0.05) is 23.9 Å². The SMILES string of the molecule is Cl.Cn1c(SCCCN2CC[C@]3(C[C@H]3c3ccc(C(F)(F)F)cc3)C2)nnc1-c1ccncn1. The van der Waals surface area contributed by atoms with Crippen molar-refractivity contribution >= 4 is 24.2 Å². The quantitative estimate of drug-likeness (QED) is 0.326. The molecule has 6 nitrogen and oxygen atoms in total. The number of hydrogen-bond acceptors (Lipinski definition) is 6. The van der Waals surface area contributed by atoms with Gasteiger partial charge in [-0.25, -0.2) is 9.97 Å². The summed E-state index contributed by atoms with van der Waals surface area (Å²) in [5, 5.41) is 9.41. The normalized spacial score (nSPS) is 22.2. The minimum Gasteiger partial charge on any atom is -0.304 e. The van der Waals surface area contributed by atoms with Crippen molar-refractivity contribution in [3.8, 4) is 11.5 Å². The van der Waals surface area contributed by atoms with Crippen LogP contribution in [0.15, 0.2) is 48.0 Å². The number of likely N-dealkylation sites (tertiary alicyclic amines) is 1. The van der Waals surface area contributed by atoms with Crippen LogP contribution in [0.1, 0.15) is 36.3 Å². The zero-order valence-corrected chi connectivity index (χ0v) is 20.3. The van der Waals surface area contributed by atoms with Crippen LogP contribution in [0.4, 0.5) is 13.2 Å². The van der Waals surface area contributed by atoms with Gasteiger partial charge >= 0.3 is 6.18 Å². The standard InChI is InChI=1S/C23H25F3N6S.ClH/c1-31-20(19-7-9-27-15-28-19)29-30-21(31)33-12-2-10-32-11-8-22(14-32)13-18(22)16-3-5-17(6-4-16)23(24,25)26;/h3-7,9,15,18H,2,8,10-14H2,1H3;1H/t18-,22-;/m0./s1. The molecule has 0 radical (unpaired) electrons. The number of aromatic nitrogens is 5. The molecule has 2 atom stereocenters. The van der Waals surface area contributed by atoms with Gasteiger partial charge in [0.15, 0.2) is 11.0 Å². The molecule has 1 spiro atoms. The second-order valence-electron chi connectivity index (χ2n) is 8.93. The second kappa shape index (κ2) is 9.83. The summed E-state index contributed by atoms with van der Waals surface area (Å²) < 4.78 is 40.4. The van der Waals surface area contributed by atoms with Crippen molar-refractivity contribution < 1.29 is 13.2 Å². The Morgan fingerprint density at radius 2 is 1.94 bits per heavy atom. The lowest BCUT2D eigenvalue weighted by atomic mass is 9.97. The first kappa shape index (κ1) is 24.9. The van der Waals surface area contributed by atoms with Crippen LogP contribution < -0.4 is 0 Å². The molecule has 182 valence electrons. The zero-order valence-electron chi connectivity index (χ0n) is 18.7. The largest absolute Gasteiger partial charge is 0.416 e. The minimum absolute atomic E-state index is 0. The molecular weight excluding hydrogens is 485 g/mol. The Kier molecular flexibility index (Phi) is 7.21. The Labute approximate surface area is 206 Å². The second-order valence-corrected chi connectivity index (χ2v) is 9.99. The van der Waals surface area contributed by atoms with Crippen molar-refractivity contribution in [3.63, 3.8) is 0 Å². The predicted octanol–water partition coefficient (Wildman–Crippen LogP) is 5.07. The van der Waals surface area contributed by atoms with Gasteiger partial charge in [0.1, 0.15) is 12.0 Å². The molecule has 0 bridgehead atoms. The van der Waals surface area contributed by atoms with Crippen molar-refractivity contribution in [2.45, 2.75) is 36.5 Å². The van der Waals surface area contributed by atoms with Gasteiger partial charge < -0.3 is 9.47 Å². The maximum Gasteiger partial charge on any atom is 0.416 e. The molecule has 0 unspecified atom stereocenters. The monoisotopic (exact) mass is 510 g/mol. The summed E-state index contributed by atoms with van der Waals surface area (Å²) in [6, 6.07) is 7.58. The van der Waals surface area contributed by atoms with Gasteiger partial charge in [0.25, 0.3) is 0 Å². The Hall–Kier alpha value is -2.17. The molecule has 2 fully saturated rings. The number of thioether (sulfide) groups is 1. The third kappa shape index (κ3) is 5.08. The molecule has 5 rings (SSSR count). The van der Waals surface area contributed by atoms with Crippen LogP contribution >= 0.6 is 24.2 Å². The predicted molar refractivity (Wildman–Crippen MR) is 127 cm³/mol. The maximum absolute atomic E-state index is 12.8. The highest BCUT2D eigenvalue weighted by atomic mass is 35.5. The van der Waals surface area contributed by atoms with Gasteiger partial charge in [0.05, 0.1) is 5.56 Å². The summed E-state index contributed by atoms with van der Waals surface area (Å²) in [7, 11) is 1.94. The van der Waals surface area contributed by atoms with Crippen molar-refractivity contribution in [2.75, 3.05) is 25.4 Å². The van der Waals surface area contributed by atoms with Crippen LogP contribution in [0.2, 0.25) is 0 Å². The molecule has 1 aliphatic heterocycles. The Morgan fingerprint density at radius 1 is 1.15 bits per heavy atom. The van der Waals surface area contributed by atoms with Crippen LogP contribution in [0.3, 0.4) is 0 Å². The fourth-order valence-electron chi connectivity index (χ4n) is 4.89. The van der Waals surface area contributed by atoms with E-state index in [9.17, 15) is 13.2 Å². The van der Waals surface area contributed by atoms with Gasteiger partial charge in [-0.15, -0.1) is 22.6 Å². The highest BCUT2D eigenvalue weighted by Crippen LogP contribution is 2.64. The van der Waals surface area contributed by atoms with E-state index in [4.69, 9.17) is 0 Å². The average molecular weight is 511 g/mol. The van der Waals surface area contributed by atoms with Gasteiger partial charge in [-0.05, 0) is 67.4 Å². The third-order valence-electron chi connectivity index (χ3n) is 6.79. The molecule has 1 aliphatic carbocycles.